The maximum atomic E-state index is 14.6. The molecule has 3 heterocycles. The van der Waals surface area contributed by atoms with Crippen molar-refractivity contribution in [1.82, 2.24) is 15.0 Å². The van der Waals surface area contributed by atoms with Gasteiger partial charge in [-0.1, -0.05) is 13.8 Å². The molecular weight excluding hydrogens is 464 g/mol. The van der Waals surface area contributed by atoms with Gasteiger partial charge in [-0.15, -0.1) is 0 Å². The zero-order chi connectivity index (χ0) is 25.1. The van der Waals surface area contributed by atoms with Crippen molar-refractivity contribution in [2.75, 3.05) is 16.8 Å². The molecule has 2 aromatic heterocycles. The Balaban J connectivity index is 0.00000158. The van der Waals surface area contributed by atoms with Gasteiger partial charge in [-0.05, 0) is 18.8 Å². The zero-order valence-corrected chi connectivity index (χ0v) is 18.7. The first-order valence-electron chi connectivity index (χ1n) is 11.0. The molecule has 0 unspecified atom stereocenters. The number of alkyl halides is 5. The molecule has 0 saturated heterocycles. The third-order valence-corrected chi connectivity index (χ3v) is 5.47. The summed E-state index contributed by atoms with van der Waals surface area (Å²) in [4.78, 5) is 25.2. The van der Waals surface area contributed by atoms with E-state index in [9.17, 15) is 31.1 Å². The lowest BCUT2D eigenvalue weighted by molar-refractivity contribution is -0.141. The molecule has 0 atom stereocenters. The van der Waals surface area contributed by atoms with E-state index in [1.54, 1.807) is 4.90 Å². The van der Waals surface area contributed by atoms with Crippen LogP contribution in [0.25, 0.3) is 0 Å². The molecule has 2 aliphatic rings. The third-order valence-electron chi connectivity index (χ3n) is 5.47. The fourth-order valence-corrected chi connectivity index (χ4v) is 3.94. The summed E-state index contributed by atoms with van der Waals surface area (Å²) in [6.07, 6.45) is -2.59. The number of halogens is 6. The number of fused-ring (bicyclic) bond motifs is 1. The predicted octanol–water partition coefficient (Wildman–Crippen LogP) is 5.38. The summed E-state index contributed by atoms with van der Waals surface area (Å²) in [6.45, 7) is 4.62. The second-order valence-electron chi connectivity index (χ2n) is 8.08. The molecule has 0 aromatic carbocycles. The predicted molar refractivity (Wildman–Crippen MR) is 113 cm³/mol. The Bertz CT molecular complexity index is 1000. The van der Waals surface area contributed by atoms with E-state index in [4.69, 9.17) is 0 Å². The van der Waals surface area contributed by atoms with Gasteiger partial charge < -0.3 is 10.2 Å². The summed E-state index contributed by atoms with van der Waals surface area (Å²) in [6, 6.07) is 1.20. The van der Waals surface area contributed by atoms with Crippen LogP contribution in [0, 0.1) is 11.7 Å². The molecule has 34 heavy (non-hydrogen) atoms. The van der Waals surface area contributed by atoms with E-state index < -0.39 is 35.4 Å². The fraction of sp³-hybridized carbons (Fsp3) is 0.545. The number of amides is 1. The average Bonchev–Trinajstić information content (AvgIpc) is 2.75. The van der Waals surface area contributed by atoms with Crippen LogP contribution in [0.4, 0.5) is 37.8 Å². The summed E-state index contributed by atoms with van der Waals surface area (Å²) in [7, 11) is 0. The summed E-state index contributed by atoms with van der Waals surface area (Å²) in [5, 5.41) is 2.35. The van der Waals surface area contributed by atoms with Gasteiger partial charge in [0.25, 0.3) is 0 Å². The number of nitrogens with zero attached hydrogens (tertiary/aromatic N) is 4. The van der Waals surface area contributed by atoms with E-state index >= 15 is 0 Å². The highest BCUT2D eigenvalue weighted by molar-refractivity contribution is 5.90. The molecule has 6 nitrogen and oxygen atoms in total. The van der Waals surface area contributed by atoms with Gasteiger partial charge in [0, 0.05) is 31.9 Å². The van der Waals surface area contributed by atoms with Gasteiger partial charge in [-0.3, -0.25) is 9.78 Å². The van der Waals surface area contributed by atoms with Crippen molar-refractivity contribution in [2.24, 2.45) is 5.92 Å². The van der Waals surface area contributed by atoms with E-state index in [1.807, 2.05) is 13.8 Å². The van der Waals surface area contributed by atoms with E-state index in [2.05, 4.69) is 20.3 Å². The van der Waals surface area contributed by atoms with Gasteiger partial charge >= 0.3 is 6.18 Å². The van der Waals surface area contributed by atoms with E-state index in [1.165, 1.54) is 6.07 Å². The SMILES string of the molecule is CC.O=C(CC1CC(F)(F)C1)Nc1nc2c(cc1F)N(Cc1cnc(C(F)(F)F)cn1)CCC2. The number of carbonyl (C=O) groups is 1. The number of aryl methyl sites for hydroxylation is 1. The molecule has 12 heteroatoms. The lowest BCUT2D eigenvalue weighted by atomic mass is 9.79. The van der Waals surface area contributed by atoms with Gasteiger partial charge in [0.15, 0.2) is 17.3 Å². The fourth-order valence-electron chi connectivity index (χ4n) is 3.94. The number of aromatic nitrogens is 3. The van der Waals surface area contributed by atoms with Crippen molar-refractivity contribution < 1.29 is 31.1 Å². The van der Waals surface area contributed by atoms with Crippen LogP contribution >= 0.6 is 0 Å². The van der Waals surface area contributed by atoms with Gasteiger partial charge in [-0.2, -0.15) is 13.2 Å². The number of carbonyl (C=O) groups excluding carboxylic acids is 1. The lowest BCUT2D eigenvalue weighted by Gasteiger charge is -2.34. The highest BCUT2D eigenvalue weighted by Gasteiger charge is 2.45. The molecule has 1 N–H and O–H groups in total. The van der Waals surface area contributed by atoms with Gasteiger partial charge in [-0.25, -0.2) is 23.1 Å². The molecule has 2 aromatic rings. The Kier molecular flexibility index (Phi) is 7.67. The maximum Gasteiger partial charge on any atom is 0.434 e. The van der Waals surface area contributed by atoms with Gasteiger partial charge in [0.05, 0.1) is 36.0 Å². The van der Waals surface area contributed by atoms with Crippen LogP contribution in [0.15, 0.2) is 18.5 Å². The molecule has 0 radical (unpaired) electrons. The second kappa shape index (κ2) is 10.1. The standard InChI is InChI=1S/C20H19F6N5O.C2H6/c21-13-5-15-14(29-18(13)30-17(32)4-11-6-19(22,23)7-11)2-1-3-31(15)10-12-8-28-16(9-27-12)20(24,25)26;1-2/h5,8-9,11H,1-4,6-7,10H2,(H,29,30,32);1-2H3. The van der Waals surface area contributed by atoms with Crippen LogP contribution < -0.4 is 10.2 Å². The van der Waals surface area contributed by atoms with Crippen molar-refractivity contribution >= 4 is 17.4 Å². The summed E-state index contributed by atoms with van der Waals surface area (Å²) >= 11 is 0. The summed E-state index contributed by atoms with van der Waals surface area (Å²) in [5.41, 5.74) is 0.148. The highest BCUT2D eigenvalue weighted by Crippen LogP contribution is 2.44. The smallest absolute Gasteiger partial charge is 0.364 e. The molecule has 1 aliphatic carbocycles. The van der Waals surface area contributed by atoms with Crippen molar-refractivity contribution in [3.63, 3.8) is 0 Å². The molecule has 1 aliphatic heterocycles. The number of nitrogens with one attached hydrogen (secondary N) is 1. The van der Waals surface area contributed by atoms with Crippen molar-refractivity contribution in [2.45, 2.75) is 64.6 Å². The van der Waals surface area contributed by atoms with Gasteiger partial charge in [0.2, 0.25) is 11.8 Å². The van der Waals surface area contributed by atoms with Crippen LogP contribution in [0.1, 0.15) is 56.6 Å². The first kappa shape index (κ1) is 25.7. The van der Waals surface area contributed by atoms with Crippen LogP contribution in [-0.2, 0) is 23.9 Å². The topological polar surface area (TPSA) is 71.0 Å². The highest BCUT2D eigenvalue weighted by atomic mass is 19.4. The average molecular weight is 489 g/mol. The molecule has 0 spiro atoms. The largest absolute Gasteiger partial charge is 0.434 e. The molecule has 1 amide bonds. The quantitative estimate of drug-likeness (QED) is 0.571. The van der Waals surface area contributed by atoms with E-state index in [-0.39, 0.29) is 37.3 Å². The minimum Gasteiger partial charge on any atom is -0.364 e. The first-order chi connectivity index (χ1) is 16.0. The summed E-state index contributed by atoms with van der Waals surface area (Å²) in [5.74, 6) is -4.81. The molecule has 1 fully saturated rings. The van der Waals surface area contributed by atoms with Crippen molar-refractivity contribution in [3.05, 3.63) is 41.4 Å². The van der Waals surface area contributed by atoms with Crippen molar-refractivity contribution in [3.8, 4) is 0 Å². The Hall–Kier alpha value is -2.92. The van der Waals surface area contributed by atoms with Crippen molar-refractivity contribution in [1.29, 1.82) is 0 Å². The lowest BCUT2D eigenvalue weighted by Crippen LogP contribution is -2.37. The van der Waals surface area contributed by atoms with Crippen LogP contribution in [-0.4, -0.2) is 33.3 Å². The van der Waals surface area contributed by atoms with Gasteiger partial charge in [0.1, 0.15) is 0 Å². The minimum absolute atomic E-state index is 0.112. The Morgan fingerprint density at radius 2 is 1.91 bits per heavy atom. The number of anilines is 2. The zero-order valence-electron chi connectivity index (χ0n) is 18.7. The number of hydrogen-bond donors (Lipinski definition) is 1. The number of rotatable bonds is 5. The molecule has 1 saturated carbocycles. The molecule has 4 rings (SSSR count). The molecular formula is C22H25F6N5O. The Labute approximate surface area is 192 Å². The molecule has 186 valence electrons. The Morgan fingerprint density at radius 3 is 2.50 bits per heavy atom. The van der Waals surface area contributed by atoms with Crippen LogP contribution in [0.2, 0.25) is 0 Å². The number of pyridine rings is 1. The monoisotopic (exact) mass is 489 g/mol. The summed E-state index contributed by atoms with van der Waals surface area (Å²) < 4.78 is 78.4. The van der Waals surface area contributed by atoms with Crippen LogP contribution in [0.5, 0.6) is 0 Å². The Morgan fingerprint density at radius 1 is 1.21 bits per heavy atom. The van der Waals surface area contributed by atoms with E-state index in [0.717, 1.165) is 6.20 Å². The third kappa shape index (κ3) is 6.15. The maximum absolute atomic E-state index is 14.6. The first-order valence-corrected chi connectivity index (χ1v) is 11.0. The number of hydrogen-bond acceptors (Lipinski definition) is 5. The minimum atomic E-state index is -4.59. The van der Waals surface area contributed by atoms with E-state index in [0.29, 0.717) is 37.0 Å². The van der Waals surface area contributed by atoms with Crippen LogP contribution in [0.3, 0.4) is 0 Å². The second-order valence-corrected chi connectivity index (χ2v) is 8.08. The normalized spacial score (nSPS) is 17.2. The molecule has 0 bridgehead atoms.